The molecule has 0 unspecified atom stereocenters. The Kier molecular flexibility index (Phi) is 4.91. The van der Waals surface area contributed by atoms with Crippen LogP contribution in [0.5, 0.6) is 0 Å². The number of aryl methyl sites for hydroxylation is 1. The van der Waals surface area contributed by atoms with Crippen molar-refractivity contribution in [1.82, 2.24) is 14.7 Å². The zero-order chi connectivity index (χ0) is 21.3. The minimum absolute atomic E-state index is 0.249. The molecular formula is C22H29BrClN5. The quantitative estimate of drug-likeness (QED) is 0.446. The lowest BCUT2D eigenvalue weighted by Crippen LogP contribution is -2.67. The first kappa shape index (κ1) is 20.9. The van der Waals surface area contributed by atoms with E-state index in [1.165, 1.54) is 19.3 Å². The van der Waals surface area contributed by atoms with Crippen LogP contribution in [0.1, 0.15) is 56.5 Å². The van der Waals surface area contributed by atoms with Crippen LogP contribution in [0.2, 0.25) is 5.02 Å². The van der Waals surface area contributed by atoms with Crippen LogP contribution in [0, 0.1) is 24.7 Å². The highest BCUT2D eigenvalue weighted by Gasteiger charge is 2.55. The number of aromatic nitrogens is 2. The number of hydrogen-bond donors (Lipinski definition) is 2. The van der Waals surface area contributed by atoms with Crippen molar-refractivity contribution in [2.45, 2.75) is 59.0 Å². The van der Waals surface area contributed by atoms with Crippen LogP contribution in [0.25, 0.3) is 11.1 Å². The SMILES string of the molecule is Cc1cc(N)c(C=N)c(-c2c(Br)nn(C3CC4(C3)CN(C(C)(C)C)C4)c2C)c1Cl. The largest absolute Gasteiger partial charge is 0.398 e. The molecule has 3 N–H and O–H groups in total. The molecule has 2 aliphatic rings. The molecule has 0 radical (unpaired) electrons. The zero-order valence-corrected chi connectivity index (χ0v) is 20.1. The van der Waals surface area contributed by atoms with Gasteiger partial charge in [-0.3, -0.25) is 9.58 Å². The van der Waals surface area contributed by atoms with Gasteiger partial charge in [0.15, 0.2) is 0 Å². The molecule has 2 aromatic rings. The van der Waals surface area contributed by atoms with Gasteiger partial charge in [-0.2, -0.15) is 5.10 Å². The van der Waals surface area contributed by atoms with E-state index in [0.29, 0.717) is 27.7 Å². The number of likely N-dealkylation sites (tertiary alicyclic amines) is 1. The summed E-state index contributed by atoms with van der Waals surface area (Å²) < 4.78 is 2.91. The van der Waals surface area contributed by atoms with E-state index in [-0.39, 0.29) is 5.54 Å². The van der Waals surface area contributed by atoms with Gasteiger partial charge in [0.1, 0.15) is 4.60 Å². The normalized spacial score (nSPS) is 19.3. The molecule has 29 heavy (non-hydrogen) atoms. The Morgan fingerprint density at radius 3 is 2.45 bits per heavy atom. The highest BCUT2D eigenvalue weighted by molar-refractivity contribution is 9.10. The van der Waals surface area contributed by atoms with Gasteiger partial charge in [0, 0.05) is 52.9 Å². The first-order valence-electron chi connectivity index (χ1n) is 10.1. The lowest BCUT2D eigenvalue weighted by Gasteiger charge is -2.62. The molecule has 156 valence electrons. The molecule has 2 heterocycles. The molecule has 5 nitrogen and oxygen atoms in total. The Morgan fingerprint density at radius 2 is 1.90 bits per heavy atom. The molecule has 1 saturated heterocycles. The number of nitrogens with zero attached hydrogens (tertiary/aromatic N) is 3. The van der Waals surface area contributed by atoms with Gasteiger partial charge in [-0.05, 0) is 80.4 Å². The fourth-order valence-corrected chi connectivity index (χ4v) is 5.87. The zero-order valence-electron chi connectivity index (χ0n) is 17.7. The fraction of sp³-hybridized carbons (Fsp3) is 0.545. The highest BCUT2D eigenvalue weighted by Crippen LogP contribution is 2.56. The number of halogens is 2. The van der Waals surface area contributed by atoms with Crippen LogP contribution < -0.4 is 5.73 Å². The lowest BCUT2D eigenvalue weighted by molar-refractivity contribution is -0.127. The second-order valence-corrected chi connectivity index (χ2v) is 10.9. The summed E-state index contributed by atoms with van der Waals surface area (Å²) in [5.74, 6) is 0. The van der Waals surface area contributed by atoms with E-state index < -0.39 is 0 Å². The van der Waals surface area contributed by atoms with Gasteiger partial charge in [-0.25, -0.2) is 0 Å². The lowest BCUT2D eigenvalue weighted by atomic mass is 9.59. The van der Waals surface area contributed by atoms with Crippen LogP contribution in [0.3, 0.4) is 0 Å². The summed E-state index contributed by atoms with van der Waals surface area (Å²) >= 11 is 10.3. The van der Waals surface area contributed by atoms with Crippen LogP contribution >= 0.6 is 27.5 Å². The van der Waals surface area contributed by atoms with E-state index >= 15 is 0 Å². The monoisotopic (exact) mass is 477 g/mol. The number of hydrogen-bond acceptors (Lipinski definition) is 4. The average molecular weight is 479 g/mol. The Balaban J connectivity index is 1.64. The van der Waals surface area contributed by atoms with Gasteiger partial charge in [0.25, 0.3) is 0 Å². The molecule has 1 aliphatic carbocycles. The predicted octanol–water partition coefficient (Wildman–Crippen LogP) is 5.60. The molecule has 0 bridgehead atoms. The van der Waals surface area contributed by atoms with E-state index in [2.05, 4.69) is 53.2 Å². The maximum atomic E-state index is 7.86. The minimum Gasteiger partial charge on any atom is -0.398 e. The maximum Gasteiger partial charge on any atom is 0.136 e. The number of rotatable bonds is 3. The molecule has 2 fully saturated rings. The first-order valence-corrected chi connectivity index (χ1v) is 11.2. The average Bonchev–Trinajstić information content (AvgIpc) is 2.82. The van der Waals surface area contributed by atoms with Crippen molar-refractivity contribution in [3.05, 3.63) is 32.5 Å². The van der Waals surface area contributed by atoms with Crippen LogP contribution in [0.15, 0.2) is 10.7 Å². The topological polar surface area (TPSA) is 70.9 Å². The Hall–Kier alpha value is -1.37. The molecular weight excluding hydrogens is 450 g/mol. The molecule has 1 aromatic carbocycles. The van der Waals surface area contributed by atoms with Crippen LogP contribution in [-0.2, 0) is 0 Å². The van der Waals surface area contributed by atoms with Crippen molar-refractivity contribution < 1.29 is 0 Å². The van der Waals surface area contributed by atoms with Crippen molar-refractivity contribution in [3.8, 4) is 11.1 Å². The van der Waals surface area contributed by atoms with Crippen molar-refractivity contribution in [1.29, 1.82) is 5.41 Å². The molecule has 1 aliphatic heterocycles. The molecule has 1 saturated carbocycles. The summed E-state index contributed by atoms with van der Waals surface area (Å²) in [7, 11) is 0. The third-order valence-electron chi connectivity index (χ3n) is 6.70. The summed E-state index contributed by atoms with van der Waals surface area (Å²) in [6.45, 7) is 13.2. The number of nitrogens with two attached hydrogens (primary N) is 1. The number of nitrogens with one attached hydrogen (secondary N) is 1. The van der Waals surface area contributed by atoms with Crippen molar-refractivity contribution in [2.24, 2.45) is 5.41 Å². The highest BCUT2D eigenvalue weighted by atomic mass is 79.9. The summed E-state index contributed by atoms with van der Waals surface area (Å²) in [6.07, 6.45) is 3.61. The van der Waals surface area contributed by atoms with E-state index in [0.717, 1.165) is 39.8 Å². The van der Waals surface area contributed by atoms with Gasteiger partial charge >= 0.3 is 0 Å². The molecule has 0 amide bonds. The van der Waals surface area contributed by atoms with E-state index in [4.69, 9.17) is 27.8 Å². The molecule has 1 aromatic heterocycles. The van der Waals surface area contributed by atoms with Gasteiger partial charge in [-0.1, -0.05) is 11.6 Å². The third kappa shape index (κ3) is 3.24. The maximum absolute atomic E-state index is 7.86. The van der Waals surface area contributed by atoms with Crippen molar-refractivity contribution in [2.75, 3.05) is 18.8 Å². The third-order valence-corrected chi connectivity index (χ3v) is 7.75. The van der Waals surface area contributed by atoms with Crippen molar-refractivity contribution in [3.63, 3.8) is 0 Å². The Labute approximate surface area is 186 Å². The van der Waals surface area contributed by atoms with E-state index in [9.17, 15) is 0 Å². The summed E-state index contributed by atoms with van der Waals surface area (Å²) in [5.41, 5.74) is 11.8. The van der Waals surface area contributed by atoms with Gasteiger partial charge in [0.2, 0.25) is 0 Å². The summed E-state index contributed by atoms with van der Waals surface area (Å²) in [6, 6.07) is 2.24. The second-order valence-electron chi connectivity index (χ2n) is 9.81. The number of benzene rings is 1. The summed E-state index contributed by atoms with van der Waals surface area (Å²) in [5, 5.41) is 13.3. The van der Waals surface area contributed by atoms with Gasteiger partial charge in [0.05, 0.1) is 11.1 Å². The molecule has 1 spiro atoms. The standard InChI is InChI=1S/C22H29BrClN5/c1-12-6-16(26)15(9-25)18(19(12)24)17-13(2)29(27-20(17)23)14-7-22(8-14)10-28(11-22)21(3,4)5/h6,9,14,25H,7-8,10-11,26H2,1-5H3. The molecule has 4 rings (SSSR count). The van der Waals surface area contributed by atoms with Gasteiger partial charge in [-0.15, -0.1) is 0 Å². The fourth-order valence-electron chi connectivity index (χ4n) is 4.97. The minimum atomic E-state index is 0.249. The second kappa shape index (κ2) is 6.82. The van der Waals surface area contributed by atoms with Gasteiger partial charge < -0.3 is 11.1 Å². The number of nitrogen functional groups attached to an aromatic ring is 1. The van der Waals surface area contributed by atoms with Crippen LogP contribution in [-0.4, -0.2) is 39.5 Å². The smallest absolute Gasteiger partial charge is 0.136 e. The first-order chi connectivity index (χ1) is 13.5. The molecule has 0 atom stereocenters. The summed E-state index contributed by atoms with van der Waals surface area (Å²) in [4.78, 5) is 2.56. The van der Waals surface area contributed by atoms with E-state index in [1.807, 2.05) is 13.0 Å². The van der Waals surface area contributed by atoms with E-state index in [1.54, 1.807) is 0 Å². The molecule has 7 heteroatoms. The number of anilines is 1. The Morgan fingerprint density at radius 1 is 1.28 bits per heavy atom. The van der Waals surface area contributed by atoms with Crippen LogP contribution in [0.4, 0.5) is 5.69 Å². The Bertz CT molecular complexity index is 990. The van der Waals surface area contributed by atoms with Crippen molar-refractivity contribution >= 4 is 39.4 Å². The predicted molar refractivity (Wildman–Crippen MR) is 124 cm³/mol.